The molecule has 0 fully saturated rings. The summed E-state index contributed by atoms with van der Waals surface area (Å²) in [5.74, 6) is 0. The second kappa shape index (κ2) is 3.33. The van der Waals surface area contributed by atoms with E-state index in [2.05, 4.69) is 5.32 Å². The number of nitrogens with zero attached hydrogens (tertiary/aromatic N) is 1. The minimum Gasteiger partial charge on any atom is -0.355 e. The van der Waals surface area contributed by atoms with Crippen LogP contribution < -0.4 is 5.32 Å². The summed E-state index contributed by atoms with van der Waals surface area (Å²) in [7, 11) is 0. The summed E-state index contributed by atoms with van der Waals surface area (Å²) in [6, 6.07) is 0. The largest absolute Gasteiger partial charge is 0.355 e. The third-order valence-electron chi connectivity index (χ3n) is 1.45. The Morgan fingerprint density at radius 1 is 1.33 bits per heavy atom. The maximum Gasteiger partial charge on any atom is 0.271 e. The molecule has 0 bridgehead atoms. The van der Waals surface area contributed by atoms with Crippen molar-refractivity contribution in [1.29, 1.82) is 0 Å². The fraction of sp³-hybridized carbons (Fsp3) is 0.833. The van der Waals surface area contributed by atoms with Crippen molar-refractivity contribution in [2.75, 3.05) is 13.1 Å². The lowest BCUT2D eigenvalue weighted by atomic mass is 10.2. The molecule has 0 saturated heterocycles. The Labute approximate surface area is 55.0 Å². The van der Waals surface area contributed by atoms with Crippen molar-refractivity contribution >= 4 is 6.34 Å². The van der Waals surface area contributed by atoms with Gasteiger partial charge in [-0.25, -0.2) is 0 Å². The van der Waals surface area contributed by atoms with Crippen LogP contribution in [0.1, 0.15) is 19.3 Å². The van der Waals surface area contributed by atoms with Gasteiger partial charge in [0.25, 0.3) is 6.34 Å². The molecule has 0 aromatic carbocycles. The van der Waals surface area contributed by atoms with Gasteiger partial charge in [0.15, 0.2) is 0 Å². The van der Waals surface area contributed by atoms with E-state index in [9.17, 15) is 0 Å². The van der Waals surface area contributed by atoms with Gasteiger partial charge in [-0.15, -0.1) is 0 Å². The Kier molecular flexibility index (Phi) is 2.36. The Bertz CT molecular complexity index is 112. The van der Waals surface area contributed by atoms with Gasteiger partial charge in [0.1, 0.15) is 6.54 Å². The van der Waals surface area contributed by atoms with E-state index in [1.54, 1.807) is 6.34 Å². The first-order valence-electron chi connectivity index (χ1n) is 3.42. The van der Waals surface area contributed by atoms with E-state index in [0.29, 0.717) is 0 Å². The topological polar surface area (TPSA) is 35.3 Å². The van der Waals surface area contributed by atoms with Crippen LogP contribution in [0, 0.1) is 0 Å². The predicted octanol–water partition coefficient (Wildman–Crippen LogP) is 0.190. The summed E-state index contributed by atoms with van der Waals surface area (Å²) in [5, 5.41) is 11.9. The van der Waals surface area contributed by atoms with Gasteiger partial charge < -0.3 is 5.21 Å². The van der Waals surface area contributed by atoms with Gasteiger partial charge in [-0.1, -0.05) is 4.74 Å². The second-order valence-corrected chi connectivity index (χ2v) is 2.31. The van der Waals surface area contributed by atoms with Crippen molar-refractivity contribution in [3.8, 4) is 0 Å². The standard InChI is InChI=1S/C6H12N2O/c9-8-5-3-1-2-4-7-6-8/h6,9H,1-5H2/p+1. The minimum absolute atomic E-state index is 0.757. The third kappa shape index (κ3) is 2.35. The Morgan fingerprint density at radius 3 is 3.11 bits per heavy atom. The molecule has 9 heavy (non-hydrogen) atoms. The van der Waals surface area contributed by atoms with E-state index in [0.717, 1.165) is 19.5 Å². The maximum atomic E-state index is 8.93. The molecule has 1 aliphatic heterocycles. The van der Waals surface area contributed by atoms with E-state index in [1.165, 1.54) is 17.6 Å². The molecule has 0 atom stereocenters. The summed E-state index contributed by atoms with van der Waals surface area (Å²) in [5.41, 5.74) is 0. The van der Waals surface area contributed by atoms with Crippen LogP contribution in [0.5, 0.6) is 0 Å². The first-order chi connectivity index (χ1) is 4.39. The normalized spacial score (nSPS) is 21.1. The zero-order chi connectivity index (χ0) is 6.53. The van der Waals surface area contributed by atoms with Crippen LogP contribution in [0.2, 0.25) is 0 Å². The molecule has 0 amide bonds. The average Bonchev–Trinajstić information content (AvgIpc) is 1.79. The molecule has 0 spiro atoms. The number of hydrogen-bond donors (Lipinski definition) is 2. The zero-order valence-electron chi connectivity index (χ0n) is 5.51. The van der Waals surface area contributed by atoms with Crippen LogP contribution in [-0.2, 0) is 0 Å². The summed E-state index contributed by atoms with van der Waals surface area (Å²) in [6.07, 6.45) is 5.14. The predicted molar refractivity (Wildman–Crippen MR) is 34.8 cm³/mol. The number of hydroxylamine groups is 1. The van der Waals surface area contributed by atoms with Crippen molar-refractivity contribution in [1.82, 2.24) is 5.32 Å². The Morgan fingerprint density at radius 2 is 2.22 bits per heavy atom. The summed E-state index contributed by atoms with van der Waals surface area (Å²) < 4.78 is 1.21. The molecule has 3 heteroatoms. The van der Waals surface area contributed by atoms with E-state index >= 15 is 0 Å². The molecule has 0 saturated carbocycles. The maximum absolute atomic E-state index is 8.93. The molecule has 0 unspecified atom stereocenters. The van der Waals surface area contributed by atoms with Crippen molar-refractivity contribution in [3.05, 3.63) is 0 Å². The van der Waals surface area contributed by atoms with E-state index < -0.39 is 0 Å². The molecule has 52 valence electrons. The van der Waals surface area contributed by atoms with Crippen molar-refractivity contribution in [3.63, 3.8) is 0 Å². The lowest BCUT2D eigenvalue weighted by Crippen LogP contribution is -2.24. The van der Waals surface area contributed by atoms with Gasteiger partial charge in [0.2, 0.25) is 0 Å². The third-order valence-corrected chi connectivity index (χ3v) is 1.45. The molecule has 0 aromatic heterocycles. The first kappa shape index (κ1) is 6.39. The van der Waals surface area contributed by atoms with Gasteiger partial charge in [-0.2, -0.15) is 0 Å². The van der Waals surface area contributed by atoms with Gasteiger partial charge in [-0.05, 0) is 19.3 Å². The Balaban J connectivity index is 2.32. The van der Waals surface area contributed by atoms with E-state index in [-0.39, 0.29) is 0 Å². The van der Waals surface area contributed by atoms with Gasteiger partial charge in [0, 0.05) is 0 Å². The van der Waals surface area contributed by atoms with Gasteiger partial charge in [0.05, 0.1) is 6.54 Å². The van der Waals surface area contributed by atoms with E-state index in [4.69, 9.17) is 5.21 Å². The summed E-state index contributed by atoms with van der Waals surface area (Å²) >= 11 is 0. The van der Waals surface area contributed by atoms with Crippen LogP contribution >= 0.6 is 0 Å². The van der Waals surface area contributed by atoms with Crippen molar-refractivity contribution in [2.24, 2.45) is 0 Å². The smallest absolute Gasteiger partial charge is 0.271 e. The summed E-state index contributed by atoms with van der Waals surface area (Å²) in [4.78, 5) is 0. The highest BCUT2D eigenvalue weighted by Crippen LogP contribution is 1.94. The quantitative estimate of drug-likeness (QED) is 0.362. The van der Waals surface area contributed by atoms with Crippen LogP contribution in [-0.4, -0.2) is 29.4 Å². The van der Waals surface area contributed by atoms with Crippen LogP contribution in [0.3, 0.4) is 0 Å². The van der Waals surface area contributed by atoms with Crippen molar-refractivity contribution in [2.45, 2.75) is 19.3 Å². The lowest BCUT2D eigenvalue weighted by Gasteiger charge is -2.02. The number of rotatable bonds is 0. The van der Waals surface area contributed by atoms with Crippen molar-refractivity contribution < 1.29 is 9.95 Å². The molecule has 0 aliphatic carbocycles. The van der Waals surface area contributed by atoms with Crippen LogP contribution in [0.4, 0.5) is 0 Å². The molecule has 2 N–H and O–H groups in total. The number of nitrogens with one attached hydrogen (secondary N) is 1. The monoisotopic (exact) mass is 129 g/mol. The zero-order valence-corrected chi connectivity index (χ0v) is 5.51. The fourth-order valence-electron chi connectivity index (χ4n) is 0.912. The highest BCUT2D eigenvalue weighted by Gasteiger charge is 2.00. The highest BCUT2D eigenvalue weighted by atomic mass is 16.5. The molecule has 3 nitrogen and oxygen atoms in total. The number of hydrogen-bond acceptors (Lipinski definition) is 2. The van der Waals surface area contributed by atoms with Crippen LogP contribution in [0.15, 0.2) is 0 Å². The van der Waals surface area contributed by atoms with Gasteiger partial charge >= 0.3 is 0 Å². The molecule has 1 rings (SSSR count). The van der Waals surface area contributed by atoms with Crippen LogP contribution in [0.25, 0.3) is 0 Å². The summed E-state index contributed by atoms with van der Waals surface area (Å²) in [6.45, 7) is 1.74. The van der Waals surface area contributed by atoms with Gasteiger partial charge in [-0.3, -0.25) is 5.32 Å². The highest BCUT2D eigenvalue weighted by molar-refractivity contribution is 5.47. The SMILES string of the molecule is O[N+]1=CNCCCCC1. The average molecular weight is 129 g/mol. The molecule has 0 radical (unpaired) electrons. The second-order valence-electron chi connectivity index (χ2n) is 2.31. The molecule has 1 heterocycles. The fourth-order valence-corrected chi connectivity index (χ4v) is 0.912. The molecular weight excluding hydrogens is 116 g/mol. The first-order valence-corrected chi connectivity index (χ1v) is 3.42. The minimum atomic E-state index is 0.757. The Hall–Kier alpha value is -0.730. The lowest BCUT2D eigenvalue weighted by molar-refractivity contribution is -0.772. The molecule has 0 aromatic rings. The molecule has 1 aliphatic rings. The van der Waals surface area contributed by atoms with E-state index in [1.807, 2.05) is 0 Å². The molecular formula is C6H13N2O+.